The van der Waals surface area contributed by atoms with E-state index in [9.17, 15) is 9.00 Å². The molecule has 98 valence electrons. The van der Waals surface area contributed by atoms with E-state index < -0.39 is 22.7 Å². The molecular formula is C12H21NO3S. The van der Waals surface area contributed by atoms with Crippen LogP contribution in [0, 0.1) is 5.92 Å². The third-order valence-corrected chi connectivity index (χ3v) is 4.85. The second-order valence-corrected chi connectivity index (χ2v) is 7.81. The van der Waals surface area contributed by atoms with Crippen molar-refractivity contribution >= 4 is 17.1 Å². The first-order valence-corrected chi connectivity index (χ1v) is 7.37. The Labute approximate surface area is 105 Å². The first-order chi connectivity index (χ1) is 7.81. The Morgan fingerprint density at radius 1 is 1.41 bits per heavy atom. The van der Waals surface area contributed by atoms with E-state index in [0.717, 1.165) is 25.2 Å². The number of rotatable bonds is 4. The van der Waals surface area contributed by atoms with Crippen molar-refractivity contribution in [2.24, 2.45) is 5.92 Å². The van der Waals surface area contributed by atoms with E-state index in [1.807, 2.05) is 0 Å². The average molecular weight is 259 g/mol. The van der Waals surface area contributed by atoms with Gasteiger partial charge in [-0.25, -0.2) is 13.7 Å². The van der Waals surface area contributed by atoms with Crippen LogP contribution in [0.1, 0.15) is 52.9 Å². The lowest BCUT2D eigenvalue weighted by Gasteiger charge is -2.21. The molecule has 1 atom stereocenters. The number of hydrogen-bond donors (Lipinski definition) is 1. The van der Waals surface area contributed by atoms with Crippen molar-refractivity contribution in [2.45, 2.75) is 63.2 Å². The Bertz CT molecular complexity index is 340. The van der Waals surface area contributed by atoms with Crippen LogP contribution in [0.15, 0.2) is 0 Å². The third kappa shape index (κ3) is 3.69. The number of carbonyl (C=O) groups is 1. The molecule has 0 aromatic heterocycles. The Balaban J connectivity index is 1.82. The summed E-state index contributed by atoms with van der Waals surface area (Å²) in [6.45, 7) is 5.39. The second kappa shape index (κ2) is 4.26. The summed E-state index contributed by atoms with van der Waals surface area (Å²) in [5, 5.41) is 0. The van der Waals surface area contributed by atoms with Gasteiger partial charge >= 0.3 is 6.09 Å². The molecule has 5 heteroatoms. The molecule has 0 radical (unpaired) electrons. The molecule has 2 rings (SSSR count). The van der Waals surface area contributed by atoms with Crippen LogP contribution in [0.2, 0.25) is 0 Å². The quantitative estimate of drug-likeness (QED) is 0.844. The van der Waals surface area contributed by atoms with Gasteiger partial charge < -0.3 is 4.74 Å². The van der Waals surface area contributed by atoms with Crippen molar-refractivity contribution in [3.8, 4) is 0 Å². The first-order valence-electron chi connectivity index (χ1n) is 6.22. The molecule has 0 aliphatic heterocycles. The maximum Gasteiger partial charge on any atom is 0.419 e. The number of amides is 1. The van der Waals surface area contributed by atoms with Gasteiger partial charge in [0.2, 0.25) is 0 Å². The number of carbonyl (C=O) groups excluding carboxylic acids is 1. The van der Waals surface area contributed by atoms with E-state index in [2.05, 4.69) is 4.72 Å². The van der Waals surface area contributed by atoms with E-state index >= 15 is 0 Å². The van der Waals surface area contributed by atoms with Crippen LogP contribution in [0.3, 0.4) is 0 Å². The predicted molar refractivity (Wildman–Crippen MR) is 66.8 cm³/mol. The van der Waals surface area contributed by atoms with Crippen molar-refractivity contribution in [1.29, 1.82) is 0 Å². The van der Waals surface area contributed by atoms with Crippen molar-refractivity contribution in [2.75, 3.05) is 0 Å². The van der Waals surface area contributed by atoms with Crippen molar-refractivity contribution in [3.05, 3.63) is 0 Å². The molecule has 2 aliphatic carbocycles. The van der Waals surface area contributed by atoms with Gasteiger partial charge in [-0.2, -0.15) is 0 Å². The Hall–Kier alpha value is -0.580. The van der Waals surface area contributed by atoms with Crippen LogP contribution < -0.4 is 4.72 Å². The van der Waals surface area contributed by atoms with Gasteiger partial charge in [0.05, 0.1) is 4.75 Å². The van der Waals surface area contributed by atoms with E-state index in [1.54, 1.807) is 20.8 Å². The number of hydrogen-bond acceptors (Lipinski definition) is 3. The highest BCUT2D eigenvalue weighted by Gasteiger charge is 2.52. The molecule has 0 aromatic rings. The lowest BCUT2D eigenvalue weighted by Crippen LogP contribution is -2.38. The normalized spacial score (nSPS) is 23.9. The van der Waals surface area contributed by atoms with Gasteiger partial charge in [-0.3, -0.25) is 0 Å². The summed E-state index contributed by atoms with van der Waals surface area (Å²) in [7, 11) is -1.29. The fourth-order valence-electron chi connectivity index (χ4n) is 1.94. The molecule has 1 unspecified atom stereocenters. The Morgan fingerprint density at radius 2 is 2.00 bits per heavy atom. The fourth-order valence-corrected chi connectivity index (χ4v) is 3.21. The van der Waals surface area contributed by atoms with Gasteiger partial charge in [-0.15, -0.1) is 0 Å². The predicted octanol–water partition coefficient (Wildman–Crippen LogP) is 2.51. The monoisotopic (exact) mass is 259 g/mol. The molecule has 2 saturated carbocycles. The standard InChI is InChI=1S/C12H21NO3S/c1-11(2,3)16-10(14)13-17(15)12(6-7-12)8-9-4-5-9/h9H,4-8H2,1-3H3,(H,13,14). The number of ether oxygens (including phenoxy) is 1. The SMILES string of the molecule is CC(C)(C)OC(=O)NS(=O)C1(CC2CC2)CC1. The average Bonchev–Trinajstić information content (AvgIpc) is 2.98. The minimum Gasteiger partial charge on any atom is -0.443 e. The van der Waals surface area contributed by atoms with Gasteiger partial charge in [0.1, 0.15) is 16.6 Å². The van der Waals surface area contributed by atoms with E-state index in [1.165, 1.54) is 12.8 Å². The summed E-state index contributed by atoms with van der Waals surface area (Å²) < 4.78 is 19.5. The Kier molecular flexibility index (Phi) is 3.23. The fraction of sp³-hybridized carbons (Fsp3) is 0.917. The molecule has 2 aliphatic rings. The Morgan fingerprint density at radius 3 is 2.41 bits per heavy atom. The van der Waals surface area contributed by atoms with E-state index in [-0.39, 0.29) is 4.75 Å². The zero-order chi connectivity index (χ0) is 12.7. The summed E-state index contributed by atoms with van der Waals surface area (Å²) in [5.41, 5.74) is -0.540. The van der Waals surface area contributed by atoms with Gasteiger partial charge in [-0.1, -0.05) is 12.8 Å². The van der Waals surface area contributed by atoms with E-state index in [4.69, 9.17) is 4.74 Å². The zero-order valence-electron chi connectivity index (χ0n) is 10.7. The molecule has 1 amide bonds. The van der Waals surface area contributed by atoms with Gasteiger partial charge in [0.15, 0.2) is 0 Å². The third-order valence-electron chi connectivity index (χ3n) is 3.13. The molecule has 17 heavy (non-hydrogen) atoms. The smallest absolute Gasteiger partial charge is 0.419 e. The van der Waals surface area contributed by atoms with Gasteiger partial charge in [-0.05, 0) is 46.0 Å². The molecule has 0 aromatic carbocycles. The topological polar surface area (TPSA) is 55.4 Å². The molecule has 2 fully saturated rings. The maximum atomic E-state index is 12.1. The maximum absolute atomic E-state index is 12.1. The second-order valence-electron chi connectivity index (χ2n) is 6.20. The molecule has 0 bridgehead atoms. The largest absolute Gasteiger partial charge is 0.443 e. The van der Waals surface area contributed by atoms with Crippen LogP contribution in [0.4, 0.5) is 4.79 Å². The molecule has 0 spiro atoms. The van der Waals surface area contributed by atoms with Crippen LogP contribution >= 0.6 is 0 Å². The van der Waals surface area contributed by atoms with Crippen LogP contribution in [-0.2, 0) is 15.7 Å². The van der Waals surface area contributed by atoms with Crippen molar-refractivity contribution < 1.29 is 13.7 Å². The highest BCUT2D eigenvalue weighted by atomic mass is 32.2. The highest BCUT2D eigenvalue weighted by molar-refractivity contribution is 7.85. The minimum absolute atomic E-state index is 0.141. The minimum atomic E-state index is -1.29. The first kappa shape index (κ1) is 12.9. The number of nitrogens with one attached hydrogen (secondary N) is 1. The lowest BCUT2D eigenvalue weighted by atomic mass is 10.2. The van der Waals surface area contributed by atoms with Crippen LogP contribution in [0.5, 0.6) is 0 Å². The zero-order valence-corrected chi connectivity index (χ0v) is 11.6. The molecule has 1 N–H and O–H groups in total. The summed E-state index contributed by atoms with van der Waals surface area (Å²) in [4.78, 5) is 11.5. The molecular weight excluding hydrogens is 238 g/mol. The van der Waals surface area contributed by atoms with Crippen LogP contribution in [0.25, 0.3) is 0 Å². The van der Waals surface area contributed by atoms with Crippen LogP contribution in [-0.4, -0.2) is 20.7 Å². The van der Waals surface area contributed by atoms with Gasteiger partial charge in [0, 0.05) is 0 Å². The summed E-state index contributed by atoms with van der Waals surface area (Å²) in [6.07, 6.45) is 4.86. The summed E-state index contributed by atoms with van der Waals surface area (Å²) in [5.74, 6) is 0.738. The summed E-state index contributed by atoms with van der Waals surface area (Å²) in [6, 6.07) is 0. The lowest BCUT2D eigenvalue weighted by molar-refractivity contribution is 0.0571. The highest BCUT2D eigenvalue weighted by Crippen LogP contribution is 2.51. The summed E-state index contributed by atoms with van der Waals surface area (Å²) >= 11 is 0. The molecule has 0 heterocycles. The molecule has 0 saturated heterocycles. The van der Waals surface area contributed by atoms with Crippen molar-refractivity contribution in [3.63, 3.8) is 0 Å². The van der Waals surface area contributed by atoms with Gasteiger partial charge in [0.25, 0.3) is 0 Å². The van der Waals surface area contributed by atoms with Crippen molar-refractivity contribution in [1.82, 2.24) is 4.72 Å². The molecule has 4 nitrogen and oxygen atoms in total. The van der Waals surface area contributed by atoms with E-state index in [0.29, 0.717) is 0 Å².